The smallest absolute Gasteiger partial charge is 0.237 e. The number of carboxylic acid groups (broad SMARTS) is 1. The van der Waals surface area contributed by atoms with Crippen molar-refractivity contribution in [1.29, 1.82) is 0 Å². The van der Waals surface area contributed by atoms with Crippen molar-refractivity contribution < 1.29 is 29.1 Å². The molecular weight excluding hydrogens is 420 g/mol. The van der Waals surface area contributed by atoms with E-state index < -0.39 is 18.0 Å². The van der Waals surface area contributed by atoms with Crippen LogP contribution in [0.1, 0.15) is 26.7 Å². The van der Waals surface area contributed by atoms with Gasteiger partial charge in [0, 0.05) is 29.0 Å². The van der Waals surface area contributed by atoms with Gasteiger partial charge in [-0.1, -0.05) is 6.92 Å². The van der Waals surface area contributed by atoms with Crippen molar-refractivity contribution in [2.75, 3.05) is 33.7 Å². The zero-order valence-electron chi connectivity index (χ0n) is 18.5. The summed E-state index contributed by atoms with van der Waals surface area (Å²) in [6, 6.07) is -0.466. The average Bonchev–Trinajstić information content (AvgIpc) is 3.32. The third kappa shape index (κ3) is 3.99. The van der Waals surface area contributed by atoms with Crippen LogP contribution in [0.25, 0.3) is 0 Å². The first-order valence-electron chi connectivity index (χ1n) is 11.0. The Morgan fingerprint density at radius 2 is 2.10 bits per heavy atom. The van der Waals surface area contributed by atoms with Gasteiger partial charge in [0.2, 0.25) is 11.8 Å². The summed E-state index contributed by atoms with van der Waals surface area (Å²) >= 11 is 1.42. The highest BCUT2D eigenvalue weighted by molar-refractivity contribution is 8.03. The number of quaternary nitrogens is 1. The molecule has 0 spiro atoms. The lowest BCUT2D eigenvalue weighted by Crippen LogP contribution is -2.64. The van der Waals surface area contributed by atoms with Crippen LogP contribution in [-0.2, 0) is 14.4 Å². The minimum Gasteiger partial charge on any atom is -0.543 e. The Labute approximate surface area is 186 Å². The Bertz CT molecular complexity index is 829. The molecule has 2 amide bonds. The molecule has 9 nitrogen and oxygen atoms in total. The standard InChI is InChI=1S/C21H32N4O5S/c1-10-16-15(11(2)26)20(28)24(16)17(21(29)30)18(10)31-13-7-14(22-8-13)19(27)23-12-5-6-25(3,4)9-12/h10-16,22,26H,5-9H2,1-4H3,(H-,23,27,29,30)/t10-,11-,12+,13+,14+,15-,16-/m1/s1. The number of aliphatic carboxylic acids is 1. The van der Waals surface area contributed by atoms with E-state index in [0.717, 1.165) is 24.0 Å². The third-order valence-electron chi connectivity index (χ3n) is 7.15. The van der Waals surface area contributed by atoms with Crippen LogP contribution >= 0.6 is 11.8 Å². The van der Waals surface area contributed by atoms with Crippen LogP contribution in [0, 0.1) is 11.8 Å². The van der Waals surface area contributed by atoms with Gasteiger partial charge in [0.15, 0.2) is 0 Å². The molecule has 0 unspecified atom stereocenters. The highest BCUT2D eigenvalue weighted by atomic mass is 32.2. The molecule has 0 saturated carbocycles. The summed E-state index contributed by atoms with van der Waals surface area (Å²) in [5.41, 5.74) is -0.0664. The van der Waals surface area contributed by atoms with Crippen LogP contribution in [0.2, 0.25) is 0 Å². The number of rotatable bonds is 6. The van der Waals surface area contributed by atoms with Gasteiger partial charge in [0.05, 0.1) is 69.0 Å². The molecule has 4 heterocycles. The Kier molecular flexibility index (Phi) is 5.87. The molecule has 0 bridgehead atoms. The molecule has 3 saturated heterocycles. The fraction of sp³-hybridized carbons (Fsp3) is 0.762. The lowest BCUT2D eigenvalue weighted by atomic mass is 9.79. The molecule has 0 aromatic rings. The number of aliphatic hydroxyl groups excluding tert-OH is 1. The van der Waals surface area contributed by atoms with Crippen molar-refractivity contribution in [3.05, 3.63) is 10.6 Å². The van der Waals surface area contributed by atoms with E-state index in [1.165, 1.54) is 16.7 Å². The van der Waals surface area contributed by atoms with E-state index in [0.29, 0.717) is 17.9 Å². The zero-order chi connectivity index (χ0) is 22.7. The summed E-state index contributed by atoms with van der Waals surface area (Å²) in [7, 11) is 4.32. The van der Waals surface area contributed by atoms with E-state index in [-0.39, 0.29) is 46.8 Å². The second-order valence-corrected chi connectivity index (χ2v) is 11.4. The van der Waals surface area contributed by atoms with Crippen LogP contribution in [0.15, 0.2) is 10.6 Å². The maximum atomic E-state index is 12.7. The molecule has 4 aliphatic rings. The van der Waals surface area contributed by atoms with Gasteiger partial charge in [0.1, 0.15) is 0 Å². The van der Waals surface area contributed by atoms with E-state index in [1.807, 2.05) is 6.92 Å². The molecule has 10 heteroatoms. The predicted molar refractivity (Wildman–Crippen MR) is 113 cm³/mol. The number of nitrogens with one attached hydrogen (secondary N) is 2. The van der Waals surface area contributed by atoms with E-state index in [2.05, 4.69) is 24.7 Å². The van der Waals surface area contributed by atoms with Gasteiger partial charge in [-0.25, -0.2) is 0 Å². The van der Waals surface area contributed by atoms with Crippen LogP contribution in [-0.4, -0.2) is 95.5 Å². The molecule has 4 aliphatic heterocycles. The molecule has 3 N–H and O–H groups in total. The van der Waals surface area contributed by atoms with Crippen molar-refractivity contribution in [1.82, 2.24) is 15.5 Å². The molecule has 0 aliphatic carbocycles. The number of hydrogen-bond acceptors (Lipinski definition) is 7. The number of hydrogen-bond donors (Lipinski definition) is 3. The fourth-order valence-corrected chi connectivity index (χ4v) is 7.02. The maximum Gasteiger partial charge on any atom is 0.237 e. The molecule has 0 aromatic heterocycles. The van der Waals surface area contributed by atoms with Crippen molar-refractivity contribution in [3.8, 4) is 0 Å². The van der Waals surface area contributed by atoms with Crippen LogP contribution in [0.5, 0.6) is 0 Å². The summed E-state index contributed by atoms with van der Waals surface area (Å²) in [5.74, 6) is -2.51. The SMILES string of the molecule is C[C@@H](O)[C@H]1C(=O)N2C(C(=O)[O-])=C(S[C@@H]3CN[C@H](C(=O)N[C@H]4CC[N+](C)(C)C4)C3)[C@H](C)[C@H]12. The number of aliphatic hydroxyl groups is 1. The number of carboxylic acids is 1. The minimum atomic E-state index is -1.36. The van der Waals surface area contributed by atoms with Gasteiger partial charge in [-0.15, -0.1) is 11.8 Å². The maximum absolute atomic E-state index is 12.7. The summed E-state index contributed by atoms with van der Waals surface area (Å²) in [6.45, 7) is 6.01. The van der Waals surface area contributed by atoms with Gasteiger partial charge in [-0.2, -0.15) is 0 Å². The second kappa shape index (κ2) is 8.06. The first kappa shape index (κ1) is 22.6. The first-order valence-corrected chi connectivity index (χ1v) is 11.9. The van der Waals surface area contributed by atoms with E-state index in [9.17, 15) is 24.6 Å². The predicted octanol–water partition coefficient (Wildman–Crippen LogP) is -1.77. The highest BCUT2D eigenvalue weighted by Crippen LogP contribution is 2.51. The van der Waals surface area contributed by atoms with Crippen molar-refractivity contribution in [2.45, 2.75) is 56.2 Å². The number of nitrogens with zero attached hydrogens (tertiary/aromatic N) is 2. The van der Waals surface area contributed by atoms with Gasteiger partial charge in [-0.05, 0) is 13.3 Å². The Morgan fingerprint density at radius 3 is 2.68 bits per heavy atom. The van der Waals surface area contributed by atoms with Gasteiger partial charge in [0.25, 0.3) is 0 Å². The third-order valence-corrected chi connectivity index (χ3v) is 8.66. The summed E-state index contributed by atoms with van der Waals surface area (Å²) in [5, 5.41) is 28.2. The van der Waals surface area contributed by atoms with E-state index in [1.54, 1.807) is 6.92 Å². The molecule has 0 radical (unpaired) electrons. The molecule has 4 rings (SSSR count). The number of likely N-dealkylation sites (N-methyl/N-ethyl adjacent to an activating group) is 1. The summed E-state index contributed by atoms with van der Waals surface area (Å²) in [6.07, 6.45) is 0.735. The number of carbonyl (C=O) groups excluding carboxylic acids is 3. The minimum absolute atomic E-state index is 0.00302. The summed E-state index contributed by atoms with van der Waals surface area (Å²) in [4.78, 5) is 38.9. The van der Waals surface area contributed by atoms with Crippen molar-refractivity contribution >= 4 is 29.5 Å². The molecule has 7 atom stereocenters. The first-order chi connectivity index (χ1) is 14.5. The molecule has 31 heavy (non-hydrogen) atoms. The lowest BCUT2D eigenvalue weighted by molar-refractivity contribution is -0.878. The Morgan fingerprint density at radius 1 is 1.39 bits per heavy atom. The number of likely N-dealkylation sites (tertiary alicyclic amines) is 1. The normalized spacial score (nSPS) is 37.6. The van der Waals surface area contributed by atoms with Gasteiger partial charge < -0.3 is 35.0 Å². The number of carbonyl (C=O) groups is 3. The second-order valence-electron chi connectivity index (χ2n) is 10.0. The number of thioether (sulfide) groups is 1. The molecule has 3 fully saturated rings. The fourth-order valence-electron chi connectivity index (χ4n) is 5.55. The molecule has 172 valence electrons. The summed E-state index contributed by atoms with van der Waals surface area (Å²) < 4.78 is 0.906. The van der Waals surface area contributed by atoms with Gasteiger partial charge in [-0.3, -0.25) is 9.59 Å². The quantitative estimate of drug-likeness (QED) is 0.322. The topological polar surface area (TPSA) is 122 Å². The monoisotopic (exact) mass is 452 g/mol. The number of fused-ring (bicyclic) bond motifs is 1. The van der Waals surface area contributed by atoms with Crippen LogP contribution < -0.4 is 15.7 Å². The van der Waals surface area contributed by atoms with Crippen LogP contribution in [0.4, 0.5) is 0 Å². The lowest BCUT2D eigenvalue weighted by Gasteiger charge is -2.47. The molecule has 0 aromatic carbocycles. The average molecular weight is 453 g/mol. The number of β-lactam (4-membered cyclic amide) rings is 1. The highest BCUT2D eigenvalue weighted by Gasteiger charge is 2.59. The van der Waals surface area contributed by atoms with Crippen molar-refractivity contribution in [3.63, 3.8) is 0 Å². The van der Waals surface area contributed by atoms with Crippen LogP contribution in [0.3, 0.4) is 0 Å². The zero-order valence-corrected chi connectivity index (χ0v) is 19.3. The van der Waals surface area contributed by atoms with Gasteiger partial charge >= 0.3 is 0 Å². The van der Waals surface area contributed by atoms with E-state index in [4.69, 9.17) is 0 Å². The van der Waals surface area contributed by atoms with E-state index >= 15 is 0 Å². The Hall–Kier alpha value is -1.62. The number of amides is 2. The Balaban J connectivity index is 1.40. The largest absolute Gasteiger partial charge is 0.543 e. The molecular formula is C21H32N4O5S. The van der Waals surface area contributed by atoms with Crippen molar-refractivity contribution in [2.24, 2.45) is 11.8 Å².